The SMILES string of the molecule is COc1cccc(/C=C2/N=C(c3ccc(C)c(C)c3)NC2=O)c1. The molecule has 0 aromatic heterocycles. The summed E-state index contributed by atoms with van der Waals surface area (Å²) in [5.74, 6) is 1.14. The highest BCUT2D eigenvalue weighted by Gasteiger charge is 2.21. The Morgan fingerprint density at radius 1 is 1.09 bits per heavy atom. The van der Waals surface area contributed by atoms with Crippen molar-refractivity contribution in [1.29, 1.82) is 0 Å². The van der Waals surface area contributed by atoms with Crippen LogP contribution in [0.4, 0.5) is 0 Å². The number of ether oxygens (including phenoxy) is 1. The Kier molecular flexibility index (Phi) is 3.98. The molecule has 1 amide bonds. The number of hydrogen-bond donors (Lipinski definition) is 1. The van der Waals surface area contributed by atoms with Crippen molar-refractivity contribution in [3.63, 3.8) is 0 Å². The Balaban J connectivity index is 1.94. The molecule has 1 N–H and O–H groups in total. The van der Waals surface area contributed by atoms with Gasteiger partial charge in [-0.05, 0) is 54.8 Å². The molecular formula is C19H18N2O2. The van der Waals surface area contributed by atoms with Crippen LogP contribution in [0.5, 0.6) is 5.75 Å². The molecule has 1 heterocycles. The maximum atomic E-state index is 12.1. The van der Waals surface area contributed by atoms with Crippen LogP contribution in [0, 0.1) is 13.8 Å². The number of amidine groups is 1. The van der Waals surface area contributed by atoms with E-state index in [1.165, 1.54) is 11.1 Å². The minimum Gasteiger partial charge on any atom is -0.497 e. The third kappa shape index (κ3) is 3.16. The number of nitrogens with one attached hydrogen (secondary N) is 1. The minimum absolute atomic E-state index is 0.193. The lowest BCUT2D eigenvalue weighted by molar-refractivity contribution is -0.115. The summed E-state index contributed by atoms with van der Waals surface area (Å²) in [6, 6.07) is 13.5. The second kappa shape index (κ2) is 6.08. The predicted molar refractivity (Wildman–Crippen MR) is 91.6 cm³/mol. The largest absolute Gasteiger partial charge is 0.497 e. The molecule has 1 aliphatic rings. The van der Waals surface area contributed by atoms with E-state index in [1.807, 2.05) is 49.4 Å². The van der Waals surface area contributed by atoms with E-state index in [-0.39, 0.29) is 5.91 Å². The summed E-state index contributed by atoms with van der Waals surface area (Å²) in [6.07, 6.45) is 1.76. The van der Waals surface area contributed by atoms with Gasteiger partial charge in [-0.25, -0.2) is 4.99 Å². The monoisotopic (exact) mass is 306 g/mol. The maximum absolute atomic E-state index is 12.1. The highest BCUT2D eigenvalue weighted by atomic mass is 16.5. The Labute approximate surface area is 135 Å². The van der Waals surface area contributed by atoms with Gasteiger partial charge in [0.2, 0.25) is 0 Å². The number of rotatable bonds is 3. The summed E-state index contributed by atoms with van der Waals surface area (Å²) in [5.41, 5.74) is 4.57. The molecule has 0 saturated heterocycles. The molecule has 0 fully saturated rings. The predicted octanol–water partition coefficient (Wildman–Crippen LogP) is 3.23. The lowest BCUT2D eigenvalue weighted by atomic mass is 10.1. The van der Waals surface area contributed by atoms with Crippen molar-refractivity contribution in [3.8, 4) is 5.75 Å². The topological polar surface area (TPSA) is 50.7 Å². The number of hydrogen-bond acceptors (Lipinski definition) is 3. The van der Waals surface area contributed by atoms with Crippen molar-refractivity contribution in [2.24, 2.45) is 4.99 Å². The zero-order valence-electron chi connectivity index (χ0n) is 13.4. The second-order valence-corrected chi connectivity index (χ2v) is 5.52. The average Bonchev–Trinajstić information content (AvgIpc) is 2.91. The molecule has 4 nitrogen and oxygen atoms in total. The van der Waals surface area contributed by atoms with E-state index >= 15 is 0 Å². The molecule has 2 aromatic carbocycles. The molecule has 0 radical (unpaired) electrons. The molecule has 1 aliphatic heterocycles. The summed E-state index contributed by atoms with van der Waals surface area (Å²) < 4.78 is 5.20. The third-order valence-corrected chi connectivity index (χ3v) is 3.87. The zero-order valence-corrected chi connectivity index (χ0v) is 13.4. The van der Waals surface area contributed by atoms with E-state index in [4.69, 9.17) is 4.74 Å². The molecule has 2 aromatic rings. The molecule has 0 atom stereocenters. The van der Waals surface area contributed by atoms with Crippen LogP contribution < -0.4 is 10.1 Å². The number of nitrogens with zero attached hydrogens (tertiary/aromatic N) is 1. The molecule has 0 saturated carbocycles. The van der Waals surface area contributed by atoms with Crippen LogP contribution in [0.15, 0.2) is 53.2 Å². The van der Waals surface area contributed by atoms with Crippen LogP contribution in [0.1, 0.15) is 22.3 Å². The van der Waals surface area contributed by atoms with Crippen molar-refractivity contribution in [2.45, 2.75) is 13.8 Å². The smallest absolute Gasteiger partial charge is 0.275 e. The number of aliphatic imine (C=N–C) groups is 1. The van der Waals surface area contributed by atoms with Crippen molar-refractivity contribution in [3.05, 3.63) is 70.4 Å². The summed E-state index contributed by atoms with van der Waals surface area (Å²) in [5, 5.41) is 2.83. The quantitative estimate of drug-likeness (QED) is 0.885. The first-order valence-corrected chi connectivity index (χ1v) is 7.40. The Bertz CT molecular complexity index is 835. The lowest BCUT2D eigenvalue weighted by Crippen LogP contribution is -2.24. The van der Waals surface area contributed by atoms with Gasteiger partial charge in [-0.1, -0.05) is 24.3 Å². The van der Waals surface area contributed by atoms with Gasteiger partial charge < -0.3 is 10.1 Å². The van der Waals surface area contributed by atoms with Crippen LogP contribution in [0.3, 0.4) is 0 Å². The zero-order chi connectivity index (χ0) is 16.4. The first-order chi connectivity index (χ1) is 11.1. The molecule has 116 valence electrons. The summed E-state index contributed by atoms with van der Waals surface area (Å²) >= 11 is 0. The number of aryl methyl sites for hydroxylation is 2. The van der Waals surface area contributed by atoms with Crippen LogP contribution in [0.25, 0.3) is 6.08 Å². The maximum Gasteiger partial charge on any atom is 0.275 e. The third-order valence-electron chi connectivity index (χ3n) is 3.87. The van der Waals surface area contributed by atoms with E-state index in [2.05, 4.69) is 17.2 Å². The molecule has 23 heavy (non-hydrogen) atoms. The fraction of sp³-hybridized carbons (Fsp3) is 0.158. The van der Waals surface area contributed by atoms with Crippen molar-refractivity contribution < 1.29 is 9.53 Å². The van der Waals surface area contributed by atoms with E-state index in [0.29, 0.717) is 11.5 Å². The van der Waals surface area contributed by atoms with Crippen molar-refractivity contribution in [1.82, 2.24) is 5.32 Å². The highest BCUT2D eigenvalue weighted by molar-refractivity contribution is 6.19. The van der Waals surface area contributed by atoms with Gasteiger partial charge in [0.1, 0.15) is 17.3 Å². The second-order valence-electron chi connectivity index (χ2n) is 5.52. The number of carbonyl (C=O) groups is 1. The number of benzene rings is 2. The normalized spacial score (nSPS) is 15.5. The summed E-state index contributed by atoms with van der Waals surface area (Å²) in [7, 11) is 1.62. The van der Waals surface area contributed by atoms with Gasteiger partial charge >= 0.3 is 0 Å². The van der Waals surface area contributed by atoms with Gasteiger partial charge in [-0.15, -0.1) is 0 Å². The number of carbonyl (C=O) groups excluding carboxylic acids is 1. The average molecular weight is 306 g/mol. The van der Waals surface area contributed by atoms with Crippen LogP contribution >= 0.6 is 0 Å². The standard InChI is InChI=1S/C19H18N2O2/c1-12-7-8-15(9-13(12)2)18-20-17(19(22)21-18)11-14-5-4-6-16(10-14)23-3/h4-11H,1-3H3,(H,20,21,22)/b17-11+. The summed E-state index contributed by atoms with van der Waals surface area (Å²) in [4.78, 5) is 16.6. The van der Waals surface area contributed by atoms with Gasteiger partial charge in [0.05, 0.1) is 7.11 Å². The Morgan fingerprint density at radius 2 is 1.91 bits per heavy atom. The van der Waals surface area contributed by atoms with Gasteiger partial charge in [-0.3, -0.25) is 4.79 Å². The Morgan fingerprint density at radius 3 is 2.65 bits per heavy atom. The number of methoxy groups -OCH3 is 1. The first-order valence-electron chi connectivity index (χ1n) is 7.40. The molecule has 0 spiro atoms. The van der Waals surface area contributed by atoms with Crippen LogP contribution in [-0.2, 0) is 4.79 Å². The minimum atomic E-state index is -0.193. The fourth-order valence-electron chi connectivity index (χ4n) is 2.38. The van der Waals surface area contributed by atoms with Crippen LogP contribution in [0.2, 0.25) is 0 Å². The van der Waals surface area contributed by atoms with Gasteiger partial charge in [-0.2, -0.15) is 0 Å². The van der Waals surface area contributed by atoms with Crippen molar-refractivity contribution in [2.75, 3.05) is 7.11 Å². The van der Waals surface area contributed by atoms with E-state index < -0.39 is 0 Å². The fourth-order valence-corrected chi connectivity index (χ4v) is 2.38. The lowest BCUT2D eigenvalue weighted by Gasteiger charge is -2.04. The molecule has 0 bridgehead atoms. The molecular weight excluding hydrogens is 288 g/mol. The summed E-state index contributed by atoms with van der Waals surface area (Å²) in [6.45, 7) is 4.10. The highest BCUT2D eigenvalue weighted by Crippen LogP contribution is 2.19. The van der Waals surface area contributed by atoms with Gasteiger partial charge in [0, 0.05) is 5.56 Å². The Hall–Kier alpha value is -2.88. The van der Waals surface area contributed by atoms with E-state index in [0.717, 1.165) is 16.9 Å². The van der Waals surface area contributed by atoms with Crippen molar-refractivity contribution >= 4 is 17.8 Å². The van der Waals surface area contributed by atoms with E-state index in [1.54, 1.807) is 13.2 Å². The van der Waals surface area contributed by atoms with Gasteiger partial charge in [0.15, 0.2) is 0 Å². The molecule has 0 aliphatic carbocycles. The first kappa shape index (κ1) is 15.0. The van der Waals surface area contributed by atoms with Crippen LogP contribution in [-0.4, -0.2) is 18.9 Å². The molecule has 0 unspecified atom stereocenters. The molecule has 4 heteroatoms. The molecule has 3 rings (SSSR count). The number of amides is 1. The van der Waals surface area contributed by atoms with E-state index in [9.17, 15) is 4.79 Å². The van der Waals surface area contributed by atoms with Gasteiger partial charge in [0.25, 0.3) is 5.91 Å².